The summed E-state index contributed by atoms with van der Waals surface area (Å²) in [5.74, 6) is 0.562. The van der Waals surface area contributed by atoms with Crippen LogP contribution in [0.25, 0.3) is 33.3 Å². The summed E-state index contributed by atoms with van der Waals surface area (Å²) < 4.78 is 7.14. The Hall–Kier alpha value is -2.96. The molecule has 0 bridgehead atoms. The molecule has 5 rings (SSSR count). The van der Waals surface area contributed by atoms with E-state index >= 15 is 0 Å². The van der Waals surface area contributed by atoms with Gasteiger partial charge in [0.2, 0.25) is 0 Å². The highest BCUT2D eigenvalue weighted by Gasteiger charge is 2.31. The average molecular weight is 496 g/mol. The highest BCUT2D eigenvalue weighted by Crippen LogP contribution is 2.41. The molecule has 1 aliphatic rings. The van der Waals surface area contributed by atoms with E-state index in [4.69, 9.17) is 18.0 Å². The molecule has 2 heterocycles. The lowest BCUT2D eigenvalue weighted by molar-refractivity contribution is 0.104. The lowest BCUT2D eigenvalue weighted by atomic mass is 9.86. The minimum Gasteiger partial charge on any atom is -0.455 e. The van der Waals surface area contributed by atoms with E-state index < -0.39 is 0 Å². The molecular weight excluding hydrogens is 477 g/mol. The molecule has 8 heteroatoms. The number of carbonyl (C=O) groups is 1. The Kier molecular flexibility index (Phi) is 5.61. The highest BCUT2D eigenvalue weighted by molar-refractivity contribution is 7.30. The molecule has 2 unspecified atom stereocenters. The Balaban J connectivity index is 1.61. The number of thiophene rings is 1. The second kappa shape index (κ2) is 8.37. The van der Waals surface area contributed by atoms with Gasteiger partial charge in [0.1, 0.15) is 31.0 Å². The molecule has 34 heavy (non-hydrogen) atoms. The number of hydrogen-bond acceptors (Lipinski definition) is 5. The zero-order chi connectivity index (χ0) is 24.3. The fourth-order valence-corrected chi connectivity index (χ4v) is 6.16. The monoisotopic (exact) mass is 496 g/mol. The first-order valence-electron chi connectivity index (χ1n) is 10.5. The van der Waals surface area contributed by atoms with Crippen LogP contribution in [0.5, 0.6) is 0 Å². The molecule has 2 aromatic carbocycles. The molecule has 164 valence electrons. The first kappa shape index (κ1) is 22.8. The van der Waals surface area contributed by atoms with Crippen LogP contribution < -0.4 is 21.8 Å². The number of ketones is 1. The van der Waals surface area contributed by atoms with Gasteiger partial charge in [0, 0.05) is 33.2 Å². The summed E-state index contributed by atoms with van der Waals surface area (Å²) in [7, 11) is 11.9. The molecule has 4 aromatic rings. The molecule has 2 radical (unpaired) electrons. The number of furan rings is 1. The number of carbonyl (C=O) groups excluding carboxylic acids is 1. The molecule has 0 aliphatic heterocycles. The van der Waals surface area contributed by atoms with Crippen molar-refractivity contribution in [3.63, 3.8) is 0 Å². The van der Waals surface area contributed by atoms with Crippen LogP contribution in [-0.4, -0.2) is 13.6 Å². The quantitative estimate of drug-likeness (QED) is 0.197. The van der Waals surface area contributed by atoms with E-state index in [-0.39, 0.29) is 11.5 Å². The van der Waals surface area contributed by atoms with Crippen molar-refractivity contribution in [1.82, 2.24) is 0 Å². The van der Waals surface area contributed by atoms with Gasteiger partial charge in [-0.3, -0.25) is 4.79 Å². The Morgan fingerprint density at radius 1 is 1.15 bits per heavy atom. The lowest BCUT2D eigenvalue weighted by Crippen LogP contribution is -2.30. The molecule has 2 N–H and O–H groups in total. The number of allylic oxidation sites excluding steroid dienone is 3. The van der Waals surface area contributed by atoms with Crippen molar-refractivity contribution in [3.8, 4) is 17.4 Å². The van der Waals surface area contributed by atoms with Gasteiger partial charge >= 0.3 is 0 Å². The normalized spacial score (nSPS) is 15.7. The standard InChI is InChI=1S/C26H19BN2O2P2S/c1-11-12(2)26(33)23(27)22(25(11)32)19-9-20-18(31-19)8-13(34-20)7-16-21(17(29)10-28)14-5-3-4-6-15(14)24(16)30/h3-9H,29,32-33H2,1-2H3/b16-7-,21-17+. The van der Waals surface area contributed by atoms with Gasteiger partial charge < -0.3 is 10.2 Å². The van der Waals surface area contributed by atoms with Crippen LogP contribution in [0.3, 0.4) is 0 Å². The molecular formula is C26H19BN2O2P2S. The van der Waals surface area contributed by atoms with Crippen LogP contribution in [-0.2, 0) is 0 Å². The number of nitrogens with two attached hydrogens (primary N) is 1. The second-order valence-electron chi connectivity index (χ2n) is 8.19. The van der Waals surface area contributed by atoms with Crippen LogP contribution in [0.1, 0.15) is 31.9 Å². The Morgan fingerprint density at radius 2 is 1.82 bits per heavy atom. The van der Waals surface area contributed by atoms with Crippen molar-refractivity contribution in [2.45, 2.75) is 13.8 Å². The Labute approximate surface area is 207 Å². The van der Waals surface area contributed by atoms with Crippen molar-refractivity contribution in [3.05, 3.63) is 74.8 Å². The number of Topliss-reactive ketones (excluding diaryl/α,β-unsaturated/α-hetero) is 1. The van der Waals surface area contributed by atoms with E-state index in [9.17, 15) is 10.1 Å². The first-order valence-corrected chi connectivity index (χ1v) is 12.4. The van der Waals surface area contributed by atoms with Crippen LogP contribution in [0, 0.1) is 25.2 Å². The summed E-state index contributed by atoms with van der Waals surface area (Å²) >= 11 is 1.50. The third kappa shape index (κ3) is 3.39. The summed E-state index contributed by atoms with van der Waals surface area (Å²) in [5.41, 5.74) is 12.7. The minimum atomic E-state index is -0.141. The molecule has 2 atom stereocenters. The minimum absolute atomic E-state index is 0.0264. The van der Waals surface area contributed by atoms with E-state index in [1.165, 1.54) is 11.3 Å². The smallest absolute Gasteiger partial charge is 0.194 e. The summed E-state index contributed by atoms with van der Waals surface area (Å²) in [6, 6.07) is 13.1. The van der Waals surface area contributed by atoms with Crippen LogP contribution in [0.2, 0.25) is 0 Å². The fraction of sp³-hybridized carbons (Fsp3) is 0.0769. The number of fused-ring (bicyclic) bond motifs is 2. The molecule has 4 nitrogen and oxygen atoms in total. The van der Waals surface area contributed by atoms with Crippen molar-refractivity contribution in [1.29, 1.82) is 5.26 Å². The van der Waals surface area contributed by atoms with Gasteiger partial charge in [-0.1, -0.05) is 29.7 Å². The largest absolute Gasteiger partial charge is 0.455 e. The van der Waals surface area contributed by atoms with E-state index in [0.717, 1.165) is 36.9 Å². The van der Waals surface area contributed by atoms with Crippen molar-refractivity contribution in [2.75, 3.05) is 0 Å². The maximum Gasteiger partial charge on any atom is 0.194 e. The molecule has 0 spiro atoms. The Morgan fingerprint density at radius 3 is 2.50 bits per heavy atom. The van der Waals surface area contributed by atoms with Gasteiger partial charge in [-0.05, 0) is 53.3 Å². The van der Waals surface area contributed by atoms with E-state index in [2.05, 4.69) is 32.3 Å². The predicted octanol–water partition coefficient (Wildman–Crippen LogP) is 4.05. The van der Waals surface area contributed by atoms with Gasteiger partial charge in [0.05, 0.1) is 4.70 Å². The van der Waals surface area contributed by atoms with Gasteiger partial charge in [0.15, 0.2) is 5.78 Å². The summed E-state index contributed by atoms with van der Waals surface area (Å²) in [6.07, 6.45) is 1.79. The van der Waals surface area contributed by atoms with E-state index in [0.29, 0.717) is 39.1 Å². The molecule has 0 saturated carbocycles. The zero-order valence-corrected chi connectivity index (χ0v) is 21.6. The zero-order valence-electron chi connectivity index (χ0n) is 18.5. The van der Waals surface area contributed by atoms with Crippen molar-refractivity contribution < 1.29 is 9.21 Å². The van der Waals surface area contributed by atoms with E-state index in [1.54, 1.807) is 18.2 Å². The van der Waals surface area contributed by atoms with Crippen LogP contribution in [0.15, 0.2) is 52.1 Å². The molecule has 2 aromatic heterocycles. The van der Waals surface area contributed by atoms with Crippen molar-refractivity contribution in [2.24, 2.45) is 5.73 Å². The van der Waals surface area contributed by atoms with Gasteiger partial charge in [0.25, 0.3) is 0 Å². The average Bonchev–Trinajstić information content (AvgIpc) is 3.47. The van der Waals surface area contributed by atoms with Gasteiger partial charge in [-0.25, -0.2) is 0 Å². The maximum absolute atomic E-state index is 13.1. The summed E-state index contributed by atoms with van der Waals surface area (Å²) in [4.78, 5) is 13.9. The second-order valence-corrected chi connectivity index (χ2v) is 10.5. The molecule has 0 saturated heterocycles. The van der Waals surface area contributed by atoms with Gasteiger partial charge in [-0.2, -0.15) is 5.26 Å². The summed E-state index contributed by atoms with van der Waals surface area (Å²) in [5, 5.41) is 11.4. The predicted molar refractivity (Wildman–Crippen MR) is 149 cm³/mol. The number of nitriles is 1. The highest BCUT2D eigenvalue weighted by atomic mass is 32.1. The summed E-state index contributed by atoms with van der Waals surface area (Å²) in [6.45, 7) is 4.12. The Bertz CT molecular complexity index is 1590. The molecule has 0 fully saturated rings. The number of hydrogen-bond donors (Lipinski definition) is 1. The SMILES string of the molecule is [B]c1c(P)c(C)c(C)c(P)c1-c1cc2sc(/C=C3\C(=O)c4ccccc4\C3=C(/N)C#N)cc2o1. The van der Waals surface area contributed by atoms with Crippen molar-refractivity contribution >= 4 is 81.4 Å². The maximum atomic E-state index is 13.1. The van der Waals surface area contributed by atoms with E-state index in [1.807, 2.05) is 30.3 Å². The van der Waals surface area contributed by atoms with Crippen LogP contribution >= 0.6 is 29.8 Å². The number of benzene rings is 2. The third-order valence-corrected chi connectivity index (χ3v) is 8.78. The lowest BCUT2D eigenvalue weighted by Gasteiger charge is -2.17. The number of nitrogens with zero attached hydrogens (tertiary/aromatic N) is 1. The van der Waals surface area contributed by atoms with Crippen LogP contribution in [0.4, 0.5) is 0 Å². The first-order chi connectivity index (χ1) is 16.2. The molecule has 0 amide bonds. The van der Waals surface area contributed by atoms with Gasteiger partial charge in [-0.15, -0.1) is 29.8 Å². The molecule has 1 aliphatic carbocycles. The topological polar surface area (TPSA) is 80.0 Å². The number of rotatable bonds is 2. The third-order valence-electron chi connectivity index (χ3n) is 6.30. The fourth-order valence-electron chi connectivity index (χ4n) is 4.32.